The highest BCUT2D eigenvalue weighted by Gasteiger charge is 2.23. The van der Waals surface area contributed by atoms with Gasteiger partial charge in [-0.25, -0.2) is 8.42 Å². The van der Waals surface area contributed by atoms with Gasteiger partial charge < -0.3 is 4.90 Å². The molecule has 2 rings (SSSR count). The zero-order valence-corrected chi connectivity index (χ0v) is 11.0. The second-order valence-electron chi connectivity index (χ2n) is 3.76. The lowest BCUT2D eigenvalue weighted by atomic mass is 10.1. The van der Waals surface area contributed by atoms with Crippen LogP contribution in [-0.2, 0) is 9.05 Å². The van der Waals surface area contributed by atoms with Crippen LogP contribution in [0.25, 0.3) is 0 Å². The van der Waals surface area contributed by atoms with Crippen LogP contribution in [0.5, 0.6) is 0 Å². The van der Waals surface area contributed by atoms with Crippen molar-refractivity contribution in [3.05, 3.63) is 28.8 Å². The summed E-state index contributed by atoms with van der Waals surface area (Å²) in [7, 11) is 1.34. The van der Waals surface area contributed by atoms with E-state index in [0.717, 1.165) is 6.42 Å². The van der Waals surface area contributed by atoms with Crippen LogP contribution in [0, 0.1) is 0 Å². The van der Waals surface area contributed by atoms with Gasteiger partial charge in [-0.05, 0) is 24.6 Å². The van der Waals surface area contributed by atoms with Crippen LogP contribution >= 0.6 is 22.3 Å². The lowest BCUT2D eigenvalue weighted by Crippen LogP contribution is -2.42. The van der Waals surface area contributed by atoms with Crippen molar-refractivity contribution in [2.75, 3.05) is 13.1 Å². The quantitative estimate of drug-likeness (QED) is 0.785. The SMILES string of the molecule is O=C(c1cc(Cl)cc(S(=O)(=O)Cl)c1)N1CCC1. The molecule has 0 aliphatic carbocycles. The maximum absolute atomic E-state index is 11.9. The summed E-state index contributed by atoms with van der Waals surface area (Å²) in [6, 6.07) is 3.90. The minimum absolute atomic E-state index is 0.157. The van der Waals surface area contributed by atoms with Gasteiger partial charge in [-0.15, -0.1) is 0 Å². The number of likely N-dealkylation sites (tertiary alicyclic amines) is 1. The first-order valence-corrected chi connectivity index (χ1v) is 7.61. The number of benzene rings is 1. The van der Waals surface area contributed by atoms with Crippen LogP contribution in [0.1, 0.15) is 16.8 Å². The molecule has 1 amide bonds. The van der Waals surface area contributed by atoms with E-state index in [9.17, 15) is 13.2 Å². The van der Waals surface area contributed by atoms with Gasteiger partial charge >= 0.3 is 0 Å². The van der Waals surface area contributed by atoms with E-state index in [-0.39, 0.29) is 21.4 Å². The van der Waals surface area contributed by atoms with Gasteiger partial charge in [0, 0.05) is 34.4 Å². The van der Waals surface area contributed by atoms with Gasteiger partial charge in [-0.2, -0.15) is 0 Å². The molecule has 1 aromatic carbocycles. The molecule has 0 saturated carbocycles. The highest BCUT2D eigenvalue weighted by Crippen LogP contribution is 2.23. The standard InChI is InChI=1S/C10H9Cl2NO3S/c11-8-4-7(10(14)13-2-1-3-13)5-9(6-8)17(12,15)16/h4-6H,1-3H2. The first kappa shape index (κ1) is 12.7. The molecule has 17 heavy (non-hydrogen) atoms. The van der Waals surface area contributed by atoms with Gasteiger partial charge in [0.1, 0.15) is 0 Å². The van der Waals surface area contributed by atoms with Gasteiger partial charge in [0.05, 0.1) is 4.90 Å². The van der Waals surface area contributed by atoms with E-state index in [2.05, 4.69) is 0 Å². The fourth-order valence-electron chi connectivity index (χ4n) is 1.53. The Morgan fingerprint density at radius 2 is 1.88 bits per heavy atom. The van der Waals surface area contributed by atoms with Gasteiger partial charge in [0.15, 0.2) is 0 Å². The first-order valence-electron chi connectivity index (χ1n) is 4.92. The van der Waals surface area contributed by atoms with E-state index in [4.69, 9.17) is 22.3 Å². The lowest BCUT2D eigenvalue weighted by molar-refractivity contribution is 0.0651. The third-order valence-electron chi connectivity index (χ3n) is 2.54. The Balaban J connectivity index is 2.41. The normalized spacial score (nSPS) is 15.5. The Bertz CT molecular complexity index is 567. The Hall–Kier alpha value is -0.780. The third kappa shape index (κ3) is 2.73. The van der Waals surface area contributed by atoms with Gasteiger partial charge in [0.25, 0.3) is 15.0 Å². The average molecular weight is 294 g/mol. The summed E-state index contributed by atoms with van der Waals surface area (Å²) in [6.07, 6.45) is 0.965. The van der Waals surface area contributed by atoms with Gasteiger partial charge in [0.2, 0.25) is 0 Å². The summed E-state index contributed by atoms with van der Waals surface area (Å²) in [5.74, 6) is -0.222. The summed E-state index contributed by atoms with van der Waals surface area (Å²) >= 11 is 5.77. The number of carbonyl (C=O) groups excluding carboxylic acids is 1. The maximum Gasteiger partial charge on any atom is 0.261 e. The first-order chi connectivity index (χ1) is 7.88. The molecule has 0 N–H and O–H groups in total. The molecule has 0 bridgehead atoms. The van der Waals surface area contributed by atoms with E-state index in [1.54, 1.807) is 4.90 Å². The molecule has 0 aromatic heterocycles. The fourth-order valence-corrected chi connectivity index (χ4v) is 2.63. The minimum atomic E-state index is -3.88. The highest BCUT2D eigenvalue weighted by atomic mass is 35.7. The van der Waals surface area contributed by atoms with Crippen molar-refractivity contribution in [1.29, 1.82) is 0 Å². The Morgan fingerprint density at radius 1 is 1.24 bits per heavy atom. The number of hydrogen-bond donors (Lipinski definition) is 0. The molecule has 4 nitrogen and oxygen atoms in total. The molecule has 1 aliphatic rings. The zero-order chi connectivity index (χ0) is 12.6. The highest BCUT2D eigenvalue weighted by molar-refractivity contribution is 8.13. The van der Waals surface area contributed by atoms with Crippen molar-refractivity contribution in [3.63, 3.8) is 0 Å². The van der Waals surface area contributed by atoms with E-state index < -0.39 is 9.05 Å². The summed E-state index contributed by atoms with van der Waals surface area (Å²) in [5, 5.41) is 0.176. The van der Waals surface area contributed by atoms with Crippen LogP contribution in [-0.4, -0.2) is 32.3 Å². The second kappa shape index (κ2) is 4.48. The monoisotopic (exact) mass is 293 g/mol. The van der Waals surface area contributed by atoms with E-state index in [1.807, 2.05) is 0 Å². The van der Waals surface area contributed by atoms with Gasteiger partial charge in [-0.3, -0.25) is 4.79 Å². The molecule has 0 unspecified atom stereocenters. The summed E-state index contributed by atoms with van der Waals surface area (Å²) in [5.41, 5.74) is 0.247. The van der Waals surface area contributed by atoms with Crippen molar-refractivity contribution in [2.24, 2.45) is 0 Å². The molecular formula is C10H9Cl2NO3S. The number of halogens is 2. The fraction of sp³-hybridized carbons (Fsp3) is 0.300. The average Bonchev–Trinajstić information content (AvgIpc) is 2.12. The van der Waals surface area contributed by atoms with Crippen molar-refractivity contribution >= 4 is 37.2 Å². The van der Waals surface area contributed by atoms with Crippen LogP contribution in [0.3, 0.4) is 0 Å². The van der Waals surface area contributed by atoms with E-state index >= 15 is 0 Å². The lowest BCUT2D eigenvalue weighted by Gasteiger charge is -2.31. The third-order valence-corrected chi connectivity index (χ3v) is 4.09. The van der Waals surface area contributed by atoms with Gasteiger partial charge in [-0.1, -0.05) is 11.6 Å². The molecular weight excluding hydrogens is 285 g/mol. The number of rotatable bonds is 2. The molecule has 0 radical (unpaired) electrons. The molecule has 1 heterocycles. The zero-order valence-electron chi connectivity index (χ0n) is 8.69. The van der Waals surface area contributed by atoms with Crippen molar-refractivity contribution in [3.8, 4) is 0 Å². The Labute approximate surface area is 109 Å². The maximum atomic E-state index is 11.9. The number of amides is 1. The number of carbonyl (C=O) groups is 1. The predicted octanol–water partition coefficient (Wildman–Crippen LogP) is 2.11. The molecule has 1 fully saturated rings. The molecule has 1 aliphatic heterocycles. The molecule has 7 heteroatoms. The Morgan fingerprint density at radius 3 is 2.35 bits per heavy atom. The van der Waals surface area contributed by atoms with E-state index in [1.165, 1.54) is 18.2 Å². The molecule has 0 spiro atoms. The summed E-state index contributed by atoms with van der Waals surface area (Å²) in [4.78, 5) is 13.4. The second-order valence-corrected chi connectivity index (χ2v) is 6.76. The van der Waals surface area contributed by atoms with Crippen molar-refractivity contribution in [1.82, 2.24) is 4.90 Å². The predicted molar refractivity (Wildman–Crippen MR) is 65.0 cm³/mol. The molecule has 1 saturated heterocycles. The van der Waals surface area contributed by atoms with Crippen LogP contribution in [0.4, 0.5) is 0 Å². The summed E-state index contributed by atoms with van der Waals surface area (Å²) in [6.45, 7) is 1.38. The summed E-state index contributed by atoms with van der Waals surface area (Å²) < 4.78 is 22.4. The number of hydrogen-bond acceptors (Lipinski definition) is 3. The molecule has 92 valence electrons. The smallest absolute Gasteiger partial charge is 0.261 e. The van der Waals surface area contributed by atoms with Crippen LogP contribution in [0.2, 0.25) is 5.02 Å². The Kier molecular flexibility index (Phi) is 3.34. The largest absolute Gasteiger partial charge is 0.339 e. The van der Waals surface area contributed by atoms with Crippen molar-refractivity contribution < 1.29 is 13.2 Å². The molecule has 1 aromatic rings. The molecule has 0 atom stereocenters. The van der Waals surface area contributed by atoms with Crippen LogP contribution in [0.15, 0.2) is 23.1 Å². The topological polar surface area (TPSA) is 54.5 Å². The number of nitrogens with zero attached hydrogens (tertiary/aromatic N) is 1. The minimum Gasteiger partial charge on any atom is -0.339 e. The van der Waals surface area contributed by atoms with E-state index in [0.29, 0.717) is 13.1 Å². The van der Waals surface area contributed by atoms with Crippen molar-refractivity contribution in [2.45, 2.75) is 11.3 Å². The van der Waals surface area contributed by atoms with Crippen LogP contribution < -0.4 is 0 Å².